The second-order valence-electron chi connectivity index (χ2n) is 1.11. The van der Waals surface area contributed by atoms with Crippen molar-refractivity contribution in [2.45, 2.75) is 6.04 Å². The van der Waals surface area contributed by atoms with E-state index in [0.717, 1.165) is 0 Å². The van der Waals surface area contributed by atoms with Gasteiger partial charge in [0, 0.05) is 5.75 Å². The van der Waals surface area contributed by atoms with Crippen molar-refractivity contribution >= 4 is 18.6 Å². The Balaban J connectivity index is -0.000000180. The molecule has 0 aromatic heterocycles. The third-order valence-corrected chi connectivity index (χ3v) is 0.893. The van der Waals surface area contributed by atoms with E-state index in [1.807, 2.05) is 0 Å². The molecule has 0 fully saturated rings. The number of hydrogen-bond donors (Lipinski definition) is 2. The van der Waals surface area contributed by atoms with Gasteiger partial charge in [0.2, 0.25) is 0 Å². The molecule has 9 heavy (non-hydrogen) atoms. The summed E-state index contributed by atoms with van der Waals surface area (Å²) < 4.78 is 0. The first-order chi connectivity index (χ1) is 3.18. The van der Waals surface area contributed by atoms with E-state index in [0.29, 0.717) is 0 Å². The van der Waals surface area contributed by atoms with Crippen molar-refractivity contribution in [2.24, 2.45) is 5.73 Å². The number of aliphatic carboxylic acids is 1. The van der Waals surface area contributed by atoms with Gasteiger partial charge in [0.15, 0.2) is 0 Å². The van der Waals surface area contributed by atoms with Crippen LogP contribution in [0.2, 0.25) is 0 Å². The molecule has 3 nitrogen and oxygen atoms in total. The van der Waals surface area contributed by atoms with E-state index in [-0.39, 0.29) is 40.8 Å². The third-order valence-electron chi connectivity index (χ3n) is 0.499. The van der Waals surface area contributed by atoms with Crippen molar-refractivity contribution in [3.05, 3.63) is 7.43 Å². The molecule has 0 rings (SSSR count). The van der Waals surface area contributed by atoms with Crippen LogP contribution in [0.4, 0.5) is 0 Å². The minimum atomic E-state index is -1.25. The number of carboxylic acid groups (broad SMARTS) is 1. The molecule has 0 saturated heterocycles. The van der Waals surface area contributed by atoms with Gasteiger partial charge in [-0.1, -0.05) is 0 Å². The average molecular weight is 336 g/mol. The molecule has 0 bridgehead atoms. The Morgan fingerprint density at radius 1 is 1.78 bits per heavy atom. The van der Waals surface area contributed by atoms with Gasteiger partial charge in [0.25, 0.3) is 0 Å². The van der Waals surface area contributed by atoms with Crippen molar-refractivity contribution in [1.82, 2.24) is 0 Å². The predicted octanol–water partition coefficient (Wildman–Crippen LogP) is -1.56. The van der Waals surface area contributed by atoms with Gasteiger partial charge in [-0.25, -0.2) is 0 Å². The molecule has 0 saturated carbocycles. The third kappa shape index (κ3) is 8.72. The van der Waals surface area contributed by atoms with Gasteiger partial charge in [-0.05, 0) is 0 Å². The van der Waals surface area contributed by atoms with Gasteiger partial charge in [0.05, 0.1) is 12.0 Å². The summed E-state index contributed by atoms with van der Waals surface area (Å²) >= 11 is 3.61. The van der Waals surface area contributed by atoms with E-state index < -0.39 is 12.0 Å². The first-order valence-electron chi connectivity index (χ1n) is 1.75. The summed E-state index contributed by atoms with van der Waals surface area (Å²) in [5.74, 6) is -1.13. The fourth-order valence-electron chi connectivity index (χ4n) is 0.0745. The van der Waals surface area contributed by atoms with E-state index in [1.165, 1.54) is 0 Å². The van der Waals surface area contributed by atoms with Crippen molar-refractivity contribution in [2.75, 3.05) is 5.75 Å². The van der Waals surface area contributed by atoms with Gasteiger partial charge in [-0.3, -0.25) is 0 Å². The molecule has 50 valence electrons. The first kappa shape index (κ1) is 16.4. The SMILES string of the molecule is NC(CS)C(=O)[O-].[CH3-].[Hg+2]. The standard InChI is InChI=1S/C3H7NO2S.CH3.Hg/c4-2(1-7)3(5)6;;/h2,7H,1,4H2,(H,5,6);1H3;/q;-1;+2/p-1. The number of hydrogen-bond acceptors (Lipinski definition) is 4. The molecular formula is C4H9HgNO2S. The van der Waals surface area contributed by atoms with Gasteiger partial charge >= 0.3 is 27.7 Å². The molecular weight excluding hydrogens is 327 g/mol. The molecule has 0 heterocycles. The van der Waals surface area contributed by atoms with E-state index >= 15 is 0 Å². The van der Waals surface area contributed by atoms with Crippen LogP contribution in [0.3, 0.4) is 0 Å². The molecule has 2 N–H and O–H groups in total. The van der Waals surface area contributed by atoms with Crippen LogP contribution in [0.25, 0.3) is 0 Å². The molecule has 0 spiro atoms. The Morgan fingerprint density at radius 3 is 2.11 bits per heavy atom. The fourth-order valence-corrected chi connectivity index (χ4v) is 0.224. The molecule has 0 radical (unpaired) electrons. The average Bonchev–Trinajstić information content (AvgIpc) is 1.65. The fraction of sp³-hybridized carbons (Fsp3) is 0.500. The number of nitrogens with two attached hydrogens (primary N) is 1. The van der Waals surface area contributed by atoms with E-state index in [4.69, 9.17) is 5.73 Å². The maximum absolute atomic E-state index is 9.65. The molecule has 1 unspecified atom stereocenters. The molecule has 0 aliphatic rings. The van der Waals surface area contributed by atoms with Crippen LogP contribution >= 0.6 is 12.6 Å². The van der Waals surface area contributed by atoms with Gasteiger partial charge in [-0.15, -0.1) is 0 Å². The smallest absolute Gasteiger partial charge is 0.548 e. The van der Waals surface area contributed by atoms with Crippen LogP contribution in [0.1, 0.15) is 0 Å². The topological polar surface area (TPSA) is 66.2 Å². The van der Waals surface area contributed by atoms with Gasteiger partial charge in [0.1, 0.15) is 0 Å². The Hall–Kier alpha value is 0.715. The zero-order valence-corrected chi connectivity index (χ0v) is 11.7. The van der Waals surface area contributed by atoms with Crippen molar-refractivity contribution in [1.29, 1.82) is 0 Å². The van der Waals surface area contributed by atoms with Crippen molar-refractivity contribution < 1.29 is 37.6 Å². The summed E-state index contributed by atoms with van der Waals surface area (Å²) in [6.07, 6.45) is 0. The van der Waals surface area contributed by atoms with Crippen molar-refractivity contribution in [3.8, 4) is 0 Å². The molecule has 0 aliphatic heterocycles. The molecule has 5 heteroatoms. The molecule has 0 amide bonds. The zero-order valence-electron chi connectivity index (χ0n) is 5.33. The van der Waals surface area contributed by atoms with E-state index in [1.54, 1.807) is 0 Å². The number of carbonyl (C=O) groups excluding carboxylic acids is 1. The summed E-state index contributed by atoms with van der Waals surface area (Å²) in [6.45, 7) is 0. The minimum Gasteiger partial charge on any atom is -0.548 e. The summed E-state index contributed by atoms with van der Waals surface area (Å²) in [5, 5.41) is 9.65. The number of thiol groups is 1. The summed E-state index contributed by atoms with van der Waals surface area (Å²) in [6, 6.07) is -0.927. The van der Waals surface area contributed by atoms with Crippen LogP contribution < -0.4 is 10.8 Å². The van der Waals surface area contributed by atoms with Crippen LogP contribution in [-0.4, -0.2) is 17.8 Å². The minimum absolute atomic E-state index is 0. The molecule has 0 aliphatic carbocycles. The largest absolute Gasteiger partial charge is 2.00 e. The van der Waals surface area contributed by atoms with Gasteiger partial charge in [-0.2, -0.15) is 12.6 Å². The zero-order chi connectivity index (χ0) is 5.86. The number of carbonyl (C=O) groups is 1. The Labute approximate surface area is 80.9 Å². The summed E-state index contributed by atoms with van der Waals surface area (Å²) in [7, 11) is 0. The summed E-state index contributed by atoms with van der Waals surface area (Å²) in [5.41, 5.74) is 4.88. The van der Waals surface area contributed by atoms with Crippen LogP contribution in [0, 0.1) is 7.43 Å². The molecule has 0 aromatic carbocycles. The molecule has 0 aromatic rings. The predicted molar refractivity (Wildman–Crippen MR) is 33.2 cm³/mol. The Bertz CT molecular complexity index is 81.0. The maximum atomic E-state index is 9.65. The second-order valence-corrected chi connectivity index (χ2v) is 1.47. The summed E-state index contributed by atoms with van der Waals surface area (Å²) in [4.78, 5) is 9.65. The Morgan fingerprint density at radius 2 is 2.11 bits per heavy atom. The van der Waals surface area contributed by atoms with Crippen LogP contribution in [0.5, 0.6) is 0 Å². The number of rotatable bonds is 2. The quantitative estimate of drug-likeness (QED) is 0.364. The van der Waals surface area contributed by atoms with E-state index in [9.17, 15) is 9.90 Å². The monoisotopic (exact) mass is 337 g/mol. The van der Waals surface area contributed by atoms with Gasteiger partial charge < -0.3 is 23.1 Å². The van der Waals surface area contributed by atoms with Crippen LogP contribution in [0.15, 0.2) is 0 Å². The van der Waals surface area contributed by atoms with E-state index in [2.05, 4.69) is 12.6 Å². The maximum Gasteiger partial charge on any atom is 2.00 e. The number of carboxylic acids is 1. The Kier molecular flexibility index (Phi) is 15.8. The first-order valence-corrected chi connectivity index (χ1v) is 2.39. The van der Waals surface area contributed by atoms with Crippen LogP contribution in [-0.2, 0) is 32.5 Å². The second kappa shape index (κ2) is 8.72. The van der Waals surface area contributed by atoms with Crippen molar-refractivity contribution in [3.63, 3.8) is 0 Å². The molecule has 1 atom stereocenters. The normalized spacial score (nSPS) is 10.4.